The molecule has 1 aromatic rings. The minimum atomic E-state index is -1.02. The van der Waals surface area contributed by atoms with E-state index in [2.05, 4.69) is 0 Å². The minimum absolute atomic E-state index is 0.150. The number of benzene rings is 1. The highest BCUT2D eigenvalue weighted by molar-refractivity contribution is 5.89. The van der Waals surface area contributed by atoms with Crippen molar-refractivity contribution in [3.05, 3.63) is 35.4 Å². The second-order valence-corrected chi connectivity index (χ2v) is 2.61. The van der Waals surface area contributed by atoms with E-state index in [1.165, 1.54) is 30.4 Å². The van der Waals surface area contributed by atoms with Gasteiger partial charge in [-0.2, -0.15) is 5.26 Å². The maximum Gasteiger partial charge on any atom is 0.335 e. The first kappa shape index (κ1) is 9.81. The predicted molar refractivity (Wildman–Crippen MR) is 52.5 cm³/mol. The van der Waals surface area contributed by atoms with Crippen molar-refractivity contribution < 1.29 is 9.90 Å². The van der Waals surface area contributed by atoms with Crippen molar-refractivity contribution in [3.63, 3.8) is 0 Å². The number of allylic oxidation sites excluding steroid dienone is 1. The highest BCUT2D eigenvalue weighted by Crippen LogP contribution is 2.15. The third-order valence-corrected chi connectivity index (χ3v) is 1.67. The third-order valence-electron chi connectivity index (χ3n) is 1.67. The molecule has 0 bridgehead atoms. The second kappa shape index (κ2) is 4.10. The van der Waals surface area contributed by atoms with Gasteiger partial charge in [0.25, 0.3) is 0 Å². The average Bonchev–Trinajstić information content (AvgIpc) is 2.16. The van der Waals surface area contributed by atoms with Crippen LogP contribution in [0.4, 0.5) is 5.69 Å². The van der Waals surface area contributed by atoms with Gasteiger partial charge in [-0.1, -0.05) is 0 Å². The fourth-order valence-corrected chi connectivity index (χ4v) is 0.979. The van der Waals surface area contributed by atoms with Crippen LogP contribution in [0.25, 0.3) is 6.08 Å². The molecule has 1 rings (SSSR count). The number of carboxylic acid groups (broad SMARTS) is 1. The Kier molecular flexibility index (Phi) is 2.87. The van der Waals surface area contributed by atoms with E-state index >= 15 is 0 Å². The summed E-state index contributed by atoms with van der Waals surface area (Å²) < 4.78 is 0. The number of nitrogens with two attached hydrogens (primary N) is 1. The van der Waals surface area contributed by atoms with Crippen molar-refractivity contribution in [2.24, 2.45) is 0 Å². The molecule has 0 saturated heterocycles. The van der Waals surface area contributed by atoms with Gasteiger partial charge in [0.2, 0.25) is 0 Å². The molecule has 0 fully saturated rings. The Morgan fingerprint density at radius 2 is 2.29 bits per heavy atom. The van der Waals surface area contributed by atoms with Crippen LogP contribution in [0.5, 0.6) is 0 Å². The van der Waals surface area contributed by atoms with Crippen molar-refractivity contribution in [1.29, 1.82) is 5.26 Å². The quantitative estimate of drug-likeness (QED) is 0.543. The second-order valence-electron chi connectivity index (χ2n) is 2.61. The maximum atomic E-state index is 10.6. The first-order valence-corrected chi connectivity index (χ1v) is 3.84. The Bertz CT molecular complexity index is 430. The van der Waals surface area contributed by atoms with E-state index in [0.29, 0.717) is 11.3 Å². The van der Waals surface area contributed by atoms with Crippen LogP contribution < -0.4 is 5.73 Å². The summed E-state index contributed by atoms with van der Waals surface area (Å²) in [7, 11) is 0. The number of nitrogens with zero attached hydrogens (tertiary/aromatic N) is 1. The minimum Gasteiger partial charge on any atom is -0.478 e. The molecule has 70 valence electrons. The van der Waals surface area contributed by atoms with Gasteiger partial charge >= 0.3 is 5.97 Å². The molecule has 0 radical (unpaired) electrons. The molecule has 4 nitrogen and oxygen atoms in total. The fourth-order valence-electron chi connectivity index (χ4n) is 0.979. The van der Waals surface area contributed by atoms with E-state index in [9.17, 15) is 4.79 Å². The number of nitriles is 1. The zero-order valence-electron chi connectivity index (χ0n) is 7.27. The van der Waals surface area contributed by atoms with Crippen LogP contribution >= 0.6 is 0 Å². The zero-order chi connectivity index (χ0) is 10.6. The summed E-state index contributed by atoms with van der Waals surface area (Å²) in [6.45, 7) is 0. The van der Waals surface area contributed by atoms with Gasteiger partial charge in [0.05, 0.1) is 11.6 Å². The van der Waals surface area contributed by atoms with Crippen LogP contribution in [-0.4, -0.2) is 11.1 Å². The van der Waals surface area contributed by atoms with Crippen LogP contribution in [0.3, 0.4) is 0 Å². The van der Waals surface area contributed by atoms with Gasteiger partial charge in [-0.25, -0.2) is 4.79 Å². The number of carbonyl (C=O) groups is 1. The molecular formula is C10H8N2O2. The van der Waals surface area contributed by atoms with Crippen molar-refractivity contribution in [2.75, 3.05) is 5.73 Å². The molecule has 0 atom stereocenters. The summed E-state index contributed by atoms with van der Waals surface area (Å²) in [6.07, 6.45) is 2.72. The molecule has 1 aromatic carbocycles. The Balaban J connectivity index is 3.16. The summed E-state index contributed by atoms with van der Waals surface area (Å²) in [5.74, 6) is -1.02. The number of carboxylic acids is 1. The molecule has 0 aliphatic rings. The lowest BCUT2D eigenvalue weighted by molar-refractivity contribution is 0.0697. The number of nitrogen functional groups attached to an aromatic ring is 1. The van der Waals surface area contributed by atoms with Gasteiger partial charge < -0.3 is 10.8 Å². The Morgan fingerprint density at radius 1 is 1.57 bits per heavy atom. The average molecular weight is 188 g/mol. The van der Waals surface area contributed by atoms with E-state index in [1.54, 1.807) is 0 Å². The summed E-state index contributed by atoms with van der Waals surface area (Å²) >= 11 is 0. The molecule has 0 aromatic heterocycles. The molecule has 0 unspecified atom stereocenters. The Hall–Kier alpha value is -2.28. The highest BCUT2D eigenvalue weighted by atomic mass is 16.4. The van der Waals surface area contributed by atoms with Gasteiger partial charge in [0.15, 0.2) is 0 Å². The van der Waals surface area contributed by atoms with Gasteiger partial charge in [0, 0.05) is 11.8 Å². The molecule has 14 heavy (non-hydrogen) atoms. The van der Waals surface area contributed by atoms with E-state index in [4.69, 9.17) is 16.1 Å². The van der Waals surface area contributed by atoms with Crippen LogP contribution in [0.2, 0.25) is 0 Å². The van der Waals surface area contributed by atoms with Crippen LogP contribution in [0.1, 0.15) is 15.9 Å². The van der Waals surface area contributed by atoms with E-state index in [1.807, 2.05) is 6.07 Å². The van der Waals surface area contributed by atoms with Gasteiger partial charge in [-0.05, 0) is 29.8 Å². The van der Waals surface area contributed by atoms with Crippen molar-refractivity contribution >= 4 is 17.7 Å². The molecule has 0 spiro atoms. The molecule has 4 heteroatoms. The van der Waals surface area contributed by atoms with E-state index in [-0.39, 0.29) is 5.56 Å². The SMILES string of the molecule is N#C/C=C/c1cc(C(=O)O)ccc1N. The molecule has 0 saturated carbocycles. The monoisotopic (exact) mass is 188 g/mol. The lowest BCUT2D eigenvalue weighted by atomic mass is 10.1. The van der Waals surface area contributed by atoms with Crippen LogP contribution in [0.15, 0.2) is 24.3 Å². The largest absolute Gasteiger partial charge is 0.478 e. The molecule has 0 heterocycles. The number of aromatic carboxylic acids is 1. The standard InChI is InChI=1S/C10H8N2O2/c11-5-1-2-7-6-8(10(13)14)3-4-9(7)12/h1-4,6H,12H2,(H,13,14)/b2-1+. The molecule has 0 amide bonds. The highest BCUT2D eigenvalue weighted by Gasteiger charge is 2.04. The number of anilines is 1. The third kappa shape index (κ3) is 2.11. The molecule has 0 aliphatic heterocycles. The van der Waals surface area contributed by atoms with Crippen molar-refractivity contribution in [1.82, 2.24) is 0 Å². The van der Waals surface area contributed by atoms with Crippen molar-refractivity contribution in [3.8, 4) is 6.07 Å². The number of rotatable bonds is 2. The zero-order valence-corrected chi connectivity index (χ0v) is 7.27. The van der Waals surface area contributed by atoms with Crippen LogP contribution in [0, 0.1) is 11.3 Å². The topological polar surface area (TPSA) is 87.1 Å². The first-order chi connectivity index (χ1) is 6.65. The predicted octanol–water partition coefficient (Wildman–Crippen LogP) is 1.50. The lowest BCUT2D eigenvalue weighted by Crippen LogP contribution is -1.98. The first-order valence-electron chi connectivity index (χ1n) is 3.84. The summed E-state index contributed by atoms with van der Waals surface area (Å²) in [5, 5.41) is 17.0. The summed E-state index contributed by atoms with van der Waals surface area (Å²) in [4.78, 5) is 10.6. The van der Waals surface area contributed by atoms with E-state index < -0.39 is 5.97 Å². The summed E-state index contributed by atoms with van der Waals surface area (Å²) in [5.41, 5.74) is 6.71. The molecule has 3 N–H and O–H groups in total. The normalized spacial score (nSPS) is 9.93. The van der Waals surface area contributed by atoms with Gasteiger partial charge in [-0.15, -0.1) is 0 Å². The van der Waals surface area contributed by atoms with Gasteiger partial charge in [0.1, 0.15) is 0 Å². The van der Waals surface area contributed by atoms with Gasteiger partial charge in [-0.3, -0.25) is 0 Å². The number of hydrogen-bond acceptors (Lipinski definition) is 3. The Morgan fingerprint density at radius 3 is 2.86 bits per heavy atom. The Labute approximate surface area is 80.9 Å². The van der Waals surface area contributed by atoms with Crippen LogP contribution in [-0.2, 0) is 0 Å². The molecular weight excluding hydrogens is 180 g/mol. The molecule has 0 aliphatic carbocycles. The fraction of sp³-hybridized carbons (Fsp3) is 0. The maximum absolute atomic E-state index is 10.6. The lowest BCUT2D eigenvalue weighted by Gasteiger charge is -2.00. The smallest absolute Gasteiger partial charge is 0.335 e. The van der Waals surface area contributed by atoms with E-state index in [0.717, 1.165) is 0 Å². The van der Waals surface area contributed by atoms with Crippen molar-refractivity contribution in [2.45, 2.75) is 0 Å². The summed E-state index contributed by atoms with van der Waals surface area (Å²) in [6, 6.07) is 6.15. The number of hydrogen-bond donors (Lipinski definition) is 2.